The van der Waals surface area contributed by atoms with Gasteiger partial charge in [-0.2, -0.15) is 4.31 Å². The van der Waals surface area contributed by atoms with Crippen LogP contribution in [0.5, 0.6) is 11.5 Å². The molecule has 1 heterocycles. The Hall–Kier alpha value is -3.10. The second-order valence-electron chi connectivity index (χ2n) is 11.0. The molecule has 42 heavy (non-hydrogen) atoms. The van der Waals surface area contributed by atoms with Crippen LogP contribution >= 0.6 is 0 Å². The smallest absolute Gasteiger partial charge is 0.262 e. The highest BCUT2D eigenvalue weighted by Gasteiger charge is 2.41. The van der Waals surface area contributed by atoms with Crippen molar-refractivity contribution >= 4 is 15.9 Å². The van der Waals surface area contributed by atoms with Gasteiger partial charge in [0, 0.05) is 12.6 Å². The number of carbonyl (C=O) groups excluding carboxylic acids is 1. The fraction of sp³-hybridized carbons (Fsp3) is 0.531. The lowest BCUT2D eigenvalue weighted by Gasteiger charge is -2.36. The van der Waals surface area contributed by atoms with E-state index >= 15 is 0 Å². The molecule has 2 unspecified atom stereocenters. The van der Waals surface area contributed by atoms with Crippen molar-refractivity contribution in [2.24, 2.45) is 5.92 Å². The molecule has 2 atom stereocenters. The Kier molecular flexibility index (Phi) is 12.1. The van der Waals surface area contributed by atoms with Crippen LogP contribution in [0.2, 0.25) is 0 Å². The Balaban J connectivity index is 1.55. The maximum Gasteiger partial charge on any atom is 0.262 e. The third-order valence-electron chi connectivity index (χ3n) is 8.11. The third kappa shape index (κ3) is 8.71. The van der Waals surface area contributed by atoms with Crippen molar-refractivity contribution in [1.29, 1.82) is 0 Å². The lowest BCUT2D eigenvalue weighted by atomic mass is 9.83. The second kappa shape index (κ2) is 15.9. The Morgan fingerprint density at radius 2 is 1.67 bits per heavy atom. The number of benzene rings is 2. The van der Waals surface area contributed by atoms with Gasteiger partial charge in [-0.25, -0.2) is 13.9 Å². The van der Waals surface area contributed by atoms with Crippen LogP contribution in [0.15, 0.2) is 53.4 Å². The van der Waals surface area contributed by atoms with Crippen molar-refractivity contribution < 1.29 is 27.9 Å². The quantitative estimate of drug-likeness (QED) is 0.175. The molecular formula is C32H43N3O6S. The van der Waals surface area contributed by atoms with E-state index in [1.54, 1.807) is 24.5 Å². The summed E-state index contributed by atoms with van der Waals surface area (Å²) >= 11 is 0. The molecule has 4 rings (SSSR count). The van der Waals surface area contributed by atoms with E-state index in [9.17, 15) is 18.4 Å². The van der Waals surface area contributed by atoms with Gasteiger partial charge in [0.15, 0.2) is 0 Å². The van der Waals surface area contributed by atoms with E-state index in [0.717, 1.165) is 32.2 Å². The van der Waals surface area contributed by atoms with E-state index in [1.165, 1.54) is 35.7 Å². The van der Waals surface area contributed by atoms with Gasteiger partial charge in [0.1, 0.15) is 24.1 Å². The first-order valence-corrected chi connectivity index (χ1v) is 16.4. The molecule has 0 radical (unpaired) electrons. The molecule has 2 aromatic rings. The average molecular weight is 598 g/mol. The van der Waals surface area contributed by atoms with Crippen molar-refractivity contribution in [1.82, 2.24) is 15.1 Å². The predicted octanol–water partition coefficient (Wildman–Crippen LogP) is 4.64. The van der Waals surface area contributed by atoms with E-state index in [-0.39, 0.29) is 24.0 Å². The number of sulfonamides is 1. The largest absolute Gasteiger partial charge is 0.494 e. The summed E-state index contributed by atoms with van der Waals surface area (Å²) < 4.78 is 41.0. The van der Waals surface area contributed by atoms with Crippen LogP contribution in [0.1, 0.15) is 70.3 Å². The van der Waals surface area contributed by atoms with Crippen molar-refractivity contribution in [2.45, 2.75) is 88.2 Å². The number of nitrogens with zero attached hydrogens (tertiary/aromatic N) is 1. The SMILES string of the molecule is CC#CCOc1ccc(S(=O)(=O)N(Cc2ccc(OCCC3CCCCN3)cc2)C(C(=O)NO)C2CCCCC2)cc1. The molecule has 3 N–H and O–H groups in total. The topological polar surface area (TPSA) is 117 Å². The molecular weight excluding hydrogens is 554 g/mol. The molecule has 0 aromatic heterocycles. The van der Waals surface area contributed by atoms with E-state index in [0.29, 0.717) is 42.6 Å². The van der Waals surface area contributed by atoms with Crippen molar-refractivity contribution in [3.8, 4) is 23.3 Å². The first-order valence-electron chi connectivity index (χ1n) is 15.0. The molecule has 1 saturated carbocycles. The molecule has 10 heteroatoms. The maximum atomic E-state index is 14.1. The van der Waals surface area contributed by atoms with Crippen LogP contribution in [0.25, 0.3) is 0 Å². The summed E-state index contributed by atoms with van der Waals surface area (Å²) in [4.78, 5) is 13.1. The standard InChI is InChI=1S/C32H43N3O6S/c1-2-3-22-40-29-16-18-30(19-17-29)42(38,39)35(31(32(36)34-37)26-9-5-4-6-10-26)24-25-12-14-28(15-13-25)41-23-20-27-11-7-8-21-33-27/h12-19,26-27,31,33,37H,4-11,20-24H2,1H3,(H,34,36). The van der Waals surface area contributed by atoms with Crippen LogP contribution in [-0.2, 0) is 21.4 Å². The van der Waals surface area contributed by atoms with Crippen molar-refractivity contribution in [2.75, 3.05) is 19.8 Å². The van der Waals surface area contributed by atoms with Gasteiger partial charge in [-0.3, -0.25) is 10.0 Å². The minimum absolute atomic E-state index is 0.0342. The summed E-state index contributed by atoms with van der Waals surface area (Å²) in [6.45, 7) is 3.54. The lowest BCUT2D eigenvalue weighted by molar-refractivity contribution is -0.135. The van der Waals surface area contributed by atoms with Crippen molar-refractivity contribution in [3.05, 3.63) is 54.1 Å². The summed E-state index contributed by atoms with van der Waals surface area (Å²) in [6.07, 6.45) is 8.83. The predicted molar refractivity (Wildman–Crippen MR) is 161 cm³/mol. The van der Waals surface area contributed by atoms with Crippen LogP contribution in [0.4, 0.5) is 0 Å². The lowest BCUT2D eigenvalue weighted by Crippen LogP contribution is -2.52. The van der Waals surface area contributed by atoms with Gasteiger partial charge in [0.2, 0.25) is 10.0 Å². The van der Waals surface area contributed by atoms with Crippen LogP contribution < -0.4 is 20.3 Å². The number of hydrogen-bond acceptors (Lipinski definition) is 7. The average Bonchev–Trinajstić information content (AvgIpc) is 3.03. The molecule has 228 valence electrons. The molecule has 1 amide bonds. The van der Waals surface area contributed by atoms with Gasteiger partial charge in [-0.1, -0.05) is 43.7 Å². The molecule has 2 aromatic carbocycles. The minimum Gasteiger partial charge on any atom is -0.494 e. The summed E-state index contributed by atoms with van der Waals surface area (Å²) in [5.74, 6) is 5.83. The Morgan fingerprint density at radius 3 is 2.31 bits per heavy atom. The number of rotatable bonds is 13. The fourth-order valence-electron chi connectivity index (χ4n) is 5.82. The summed E-state index contributed by atoms with van der Waals surface area (Å²) in [5, 5.41) is 13.2. The fourth-order valence-corrected chi connectivity index (χ4v) is 7.46. The summed E-state index contributed by atoms with van der Waals surface area (Å²) in [6, 6.07) is 12.9. The number of nitrogens with one attached hydrogen (secondary N) is 2. The van der Waals surface area contributed by atoms with E-state index in [1.807, 2.05) is 24.3 Å². The highest BCUT2D eigenvalue weighted by Crippen LogP contribution is 2.34. The molecule has 9 nitrogen and oxygen atoms in total. The van der Waals surface area contributed by atoms with Crippen LogP contribution in [0.3, 0.4) is 0 Å². The van der Waals surface area contributed by atoms with Gasteiger partial charge in [0.25, 0.3) is 5.91 Å². The maximum absolute atomic E-state index is 14.1. The monoisotopic (exact) mass is 597 g/mol. The van der Waals surface area contributed by atoms with Crippen molar-refractivity contribution in [3.63, 3.8) is 0 Å². The van der Waals surface area contributed by atoms with E-state index in [2.05, 4.69) is 17.2 Å². The first-order chi connectivity index (χ1) is 20.4. The van der Waals surface area contributed by atoms with E-state index < -0.39 is 22.0 Å². The zero-order valence-corrected chi connectivity index (χ0v) is 25.2. The number of hydrogen-bond donors (Lipinski definition) is 3. The first kappa shape index (κ1) is 31.8. The zero-order chi connectivity index (χ0) is 29.8. The molecule has 1 aliphatic carbocycles. The normalized spacial score (nSPS) is 18.5. The molecule has 0 bridgehead atoms. The second-order valence-corrected chi connectivity index (χ2v) is 12.9. The van der Waals surface area contributed by atoms with Crippen LogP contribution in [0, 0.1) is 17.8 Å². The molecule has 1 aliphatic heterocycles. The van der Waals surface area contributed by atoms with Gasteiger partial charge in [0.05, 0.1) is 11.5 Å². The minimum atomic E-state index is -4.14. The molecule has 0 spiro atoms. The molecule has 2 aliphatic rings. The van der Waals surface area contributed by atoms with Gasteiger partial charge >= 0.3 is 0 Å². The van der Waals surface area contributed by atoms with Gasteiger partial charge < -0.3 is 14.8 Å². The van der Waals surface area contributed by atoms with E-state index in [4.69, 9.17) is 9.47 Å². The number of hydroxylamine groups is 1. The summed E-state index contributed by atoms with van der Waals surface area (Å²) in [5.41, 5.74) is 2.46. The van der Waals surface area contributed by atoms with Gasteiger partial charge in [-0.05, 0) is 93.5 Å². The number of ether oxygens (including phenoxy) is 2. The number of carbonyl (C=O) groups is 1. The zero-order valence-electron chi connectivity index (χ0n) is 24.4. The molecule has 1 saturated heterocycles. The highest BCUT2D eigenvalue weighted by molar-refractivity contribution is 7.89. The number of amides is 1. The Labute approximate surface area is 250 Å². The number of piperidine rings is 1. The highest BCUT2D eigenvalue weighted by atomic mass is 32.2. The van der Waals surface area contributed by atoms with Crippen LogP contribution in [-0.4, -0.2) is 55.7 Å². The van der Waals surface area contributed by atoms with Gasteiger partial charge in [-0.15, -0.1) is 5.92 Å². The third-order valence-corrected chi connectivity index (χ3v) is 9.95. The molecule has 2 fully saturated rings. The summed E-state index contributed by atoms with van der Waals surface area (Å²) in [7, 11) is -4.14. The Morgan fingerprint density at radius 1 is 1.00 bits per heavy atom. The Bertz CT molecular complexity index is 1290.